The summed E-state index contributed by atoms with van der Waals surface area (Å²) in [6, 6.07) is 3.26. The highest BCUT2D eigenvalue weighted by atomic mass is 32.2. The number of carboxylic acid groups (broad SMARTS) is 1. The zero-order valence-electron chi connectivity index (χ0n) is 13.1. The van der Waals surface area contributed by atoms with E-state index in [-0.39, 0.29) is 18.7 Å². The van der Waals surface area contributed by atoms with Crippen LogP contribution in [0.3, 0.4) is 0 Å². The molecule has 2 N–H and O–H groups in total. The van der Waals surface area contributed by atoms with Crippen LogP contribution in [-0.2, 0) is 20.8 Å². The van der Waals surface area contributed by atoms with Gasteiger partial charge in [-0.1, -0.05) is 0 Å². The van der Waals surface area contributed by atoms with E-state index in [9.17, 15) is 26.4 Å². The first-order valence-corrected chi connectivity index (χ1v) is 9.06. The zero-order valence-corrected chi connectivity index (χ0v) is 14.0. The Morgan fingerprint density at radius 2 is 2.08 bits per heavy atom. The summed E-state index contributed by atoms with van der Waals surface area (Å²) in [5, 5.41) is 14.0. The van der Waals surface area contributed by atoms with E-state index in [1.165, 1.54) is 29.2 Å². The van der Waals surface area contributed by atoms with E-state index in [4.69, 9.17) is 5.11 Å². The normalized spacial score (nSPS) is 21.0. The number of carbonyl (C=O) groups is 1. The fourth-order valence-electron chi connectivity index (χ4n) is 2.86. The van der Waals surface area contributed by atoms with Gasteiger partial charge in [-0.3, -0.25) is 4.79 Å². The maximum Gasteiger partial charge on any atom is 0.417 e. The lowest BCUT2D eigenvalue weighted by Gasteiger charge is -2.17. The fraction of sp³-hybridized carbons (Fsp3) is 0.333. The highest BCUT2D eigenvalue weighted by molar-refractivity contribution is 7.92. The van der Waals surface area contributed by atoms with Crippen molar-refractivity contribution in [1.29, 1.82) is 0 Å². The number of aromatic nitrogens is 2. The molecule has 0 bridgehead atoms. The average Bonchev–Trinajstić information content (AvgIpc) is 3.25. The molecule has 2 heterocycles. The van der Waals surface area contributed by atoms with Gasteiger partial charge in [-0.15, -0.1) is 0 Å². The van der Waals surface area contributed by atoms with E-state index in [0.717, 1.165) is 12.1 Å². The van der Waals surface area contributed by atoms with Crippen LogP contribution in [0.2, 0.25) is 0 Å². The molecule has 7 nitrogen and oxygen atoms in total. The molecule has 1 aliphatic rings. The predicted molar refractivity (Wildman–Crippen MR) is 83.6 cm³/mol. The molecule has 3 rings (SSSR count). The van der Waals surface area contributed by atoms with Crippen molar-refractivity contribution < 1.29 is 31.5 Å². The largest absolute Gasteiger partial charge is 0.480 e. The van der Waals surface area contributed by atoms with Crippen molar-refractivity contribution in [3.63, 3.8) is 0 Å². The van der Waals surface area contributed by atoms with Gasteiger partial charge in [0.05, 0.1) is 21.4 Å². The maximum absolute atomic E-state index is 13.5. The quantitative estimate of drug-likeness (QED) is 0.822. The van der Waals surface area contributed by atoms with Crippen molar-refractivity contribution in [3.8, 4) is 5.69 Å². The highest BCUT2D eigenvalue weighted by Crippen LogP contribution is 2.37. The van der Waals surface area contributed by atoms with E-state index in [1.54, 1.807) is 0 Å². The number of halogens is 3. The lowest BCUT2D eigenvalue weighted by Crippen LogP contribution is -2.30. The van der Waals surface area contributed by atoms with Crippen molar-refractivity contribution in [2.24, 2.45) is 0 Å². The summed E-state index contributed by atoms with van der Waals surface area (Å²) in [6.45, 7) is -0.225. The molecular formula is C15H14F3N3O4S. The van der Waals surface area contributed by atoms with Gasteiger partial charge in [-0.25, -0.2) is 13.1 Å². The van der Waals surface area contributed by atoms with E-state index in [1.807, 2.05) is 0 Å². The van der Waals surface area contributed by atoms with Gasteiger partial charge in [0.2, 0.25) is 0 Å². The first-order valence-electron chi connectivity index (χ1n) is 7.52. The monoisotopic (exact) mass is 389 g/mol. The first-order chi connectivity index (χ1) is 12.1. The van der Waals surface area contributed by atoms with Crippen LogP contribution in [0.4, 0.5) is 13.2 Å². The molecule has 26 heavy (non-hydrogen) atoms. The van der Waals surface area contributed by atoms with Crippen molar-refractivity contribution in [2.45, 2.75) is 28.8 Å². The maximum atomic E-state index is 13.5. The Kier molecular flexibility index (Phi) is 4.53. The number of hydrogen-bond acceptors (Lipinski definition) is 5. The van der Waals surface area contributed by atoms with Crippen molar-refractivity contribution in [2.75, 3.05) is 6.54 Å². The third kappa shape index (κ3) is 3.31. The third-order valence-corrected chi connectivity index (χ3v) is 6.38. The van der Waals surface area contributed by atoms with Crippen LogP contribution in [0.15, 0.2) is 41.6 Å². The molecule has 2 aromatic rings. The number of alkyl halides is 3. The molecule has 0 spiro atoms. The zero-order chi connectivity index (χ0) is 19.1. The Labute approximate surface area is 146 Å². The first kappa shape index (κ1) is 18.4. The second-order valence-electron chi connectivity index (χ2n) is 5.83. The molecule has 1 fully saturated rings. The van der Waals surface area contributed by atoms with Gasteiger partial charge in [-0.05, 0) is 30.7 Å². The molecule has 0 amide bonds. The molecule has 1 aromatic carbocycles. The topological polar surface area (TPSA) is 101 Å². The molecule has 2 atom stereocenters. The number of rotatable bonds is 4. The van der Waals surface area contributed by atoms with Gasteiger partial charge < -0.3 is 10.4 Å². The van der Waals surface area contributed by atoms with E-state index >= 15 is 0 Å². The molecule has 140 valence electrons. The summed E-state index contributed by atoms with van der Waals surface area (Å²) in [7, 11) is -4.38. The summed E-state index contributed by atoms with van der Waals surface area (Å²) in [6.07, 6.45) is -2.38. The van der Waals surface area contributed by atoms with Crippen LogP contribution in [0.5, 0.6) is 0 Å². The molecule has 1 saturated heterocycles. The van der Waals surface area contributed by atoms with Crippen LogP contribution in [0, 0.1) is 0 Å². The Hall–Kier alpha value is -2.40. The van der Waals surface area contributed by atoms with Gasteiger partial charge in [-0.2, -0.15) is 18.3 Å². The second kappa shape index (κ2) is 6.40. The highest BCUT2D eigenvalue weighted by Gasteiger charge is 2.43. The summed E-state index contributed by atoms with van der Waals surface area (Å²) in [5.41, 5.74) is -1.24. The van der Waals surface area contributed by atoms with Crippen molar-refractivity contribution in [1.82, 2.24) is 15.1 Å². The number of sulfone groups is 1. The molecule has 1 aliphatic heterocycles. The Balaban J connectivity index is 2.05. The molecule has 0 unspecified atom stereocenters. The van der Waals surface area contributed by atoms with Gasteiger partial charge in [0.1, 0.15) is 6.04 Å². The molecule has 1 aromatic heterocycles. The summed E-state index contributed by atoms with van der Waals surface area (Å²) >= 11 is 0. The lowest BCUT2D eigenvalue weighted by atomic mass is 10.2. The number of benzene rings is 1. The molecule has 11 heteroatoms. The third-order valence-electron chi connectivity index (χ3n) is 4.17. The van der Waals surface area contributed by atoms with Gasteiger partial charge in [0.15, 0.2) is 9.84 Å². The average molecular weight is 389 g/mol. The predicted octanol–water partition coefficient (Wildman–Crippen LogP) is 1.48. The van der Waals surface area contributed by atoms with Crippen LogP contribution < -0.4 is 5.32 Å². The minimum absolute atomic E-state index is 0.0641. The lowest BCUT2D eigenvalue weighted by molar-refractivity contribution is -0.140. The Morgan fingerprint density at radius 1 is 1.35 bits per heavy atom. The molecule has 0 saturated carbocycles. The summed E-state index contributed by atoms with van der Waals surface area (Å²) < 4.78 is 67.1. The summed E-state index contributed by atoms with van der Waals surface area (Å²) in [4.78, 5) is 10.1. The number of hydrogen-bond donors (Lipinski definition) is 2. The molecular weight excluding hydrogens is 375 g/mol. The summed E-state index contributed by atoms with van der Waals surface area (Å²) in [5.74, 6) is -1.24. The number of nitrogens with one attached hydrogen (secondary N) is 1. The smallest absolute Gasteiger partial charge is 0.417 e. The van der Waals surface area contributed by atoms with Gasteiger partial charge in [0.25, 0.3) is 0 Å². The number of carboxylic acids is 1. The number of aliphatic carboxylic acids is 1. The van der Waals surface area contributed by atoms with Crippen LogP contribution in [-0.4, -0.2) is 47.1 Å². The molecule has 0 radical (unpaired) electrons. The van der Waals surface area contributed by atoms with E-state index < -0.39 is 43.7 Å². The van der Waals surface area contributed by atoms with Crippen LogP contribution in [0.1, 0.15) is 12.0 Å². The second-order valence-corrected chi connectivity index (χ2v) is 8.03. The SMILES string of the molecule is O=C(O)[C@@H]1C[C@@H](S(=O)(=O)c2ccc(-n3cccn3)cc2C(F)(F)F)CN1. The minimum Gasteiger partial charge on any atom is -0.480 e. The Morgan fingerprint density at radius 3 is 2.62 bits per heavy atom. The van der Waals surface area contributed by atoms with Crippen molar-refractivity contribution >= 4 is 15.8 Å². The van der Waals surface area contributed by atoms with Gasteiger partial charge in [0, 0.05) is 18.9 Å². The van der Waals surface area contributed by atoms with E-state index in [2.05, 4.69) is 10.4 Å². The number of nitrogens with zero attached hydrogens (tertiary/aromatic N) is 2. The van der Waals surface area contributed by atoms with Crippen molar-refractivity contribution in [3.05, 3.63) is 42.2 Å². The minimum atomic E-state index is -4.90. The van der Waals surface area contributed by atoms with E-state index in [0.29, 0.717) is 0 Å². The van der Waals surface area contributed by atoms with Crippen LogP contribution >= 0.6 is 0 Å². The standard InChI is InChI=1S/C15H14F3N3O4S/c16-15(17,18)11-6-9(21-5-1-4-20-21)2-3-13(11)26(24,25)10-7-12(14(22)23)19-8-10/h1-6,10,12,19H,7-8H2,(H,22,23)/t10-,12+/m1/s1. The Bertz CT molecular complexity index is 926. The van der Waals surface area contributed by atoms with Crippen LogP contribution in [0.25, 0.3) is 5.69 Å². The fourth-order valence-corrected chi connectivity index (χ4v) is 4.72. The molecule has 0 aliphatic carbocycles. The van der Waals surface area contributed by atoms with Gasteiger partial charge >= 0.3 is 12.1 Å².